The molecule has 0 spiro atoms. The first kappa shape index (κ1) is 12.7. The van der Waals surface area contributed by atoms with E-state index in [-0.39, 0.29) is 0 Å². The second kappa shape index (κ2) is 5.05. The molecular weight excluding hydrogens is 302 g/mol. The molecule has 1 N–H and O–H groups in total. The molecule has 1 unspecified atom stereocenters. The average Bonchev–Trinajstić information content (AvgIpc) is 3.14. The van der Waals surface area contributed by atoms with Crippen molar-refractivity contribution in [3.05, 3.63) is 53.7 Å². The molecule has 4 aromatic rings. The summed E-state index contributed by atoms with van der Waals surface area (Å²) >= 11 is 1.63. The maximum absolute atomic E-state index is 12.5. The smallest absolute Gasteiger partial charge is 0.197 e. The zero-order valence-electron chi connectivity index (χ0n) is 10.9. The Bertz CT molecular complexity index is 925. The third kappa shape index (κ3) is 2.26. The van der Waals surface area contributed by atoms with E-state index in [0.29, 0.717) is 10.9 Å². The fourth-order valence-corrected chi connectivity index (χ4v) is 4.29. The number of benzene rings is 1. The number of aromatic amines is 1. The minimum atomic E-state index is -1.23. The molecule has 1 aromatic carbocycles. The third-order valence-electron chi connectivity index (χ3n) is 3.29. The number of H-pyrrole nitrogens is 1. The highest BCUT2D eigenvalue weighted by Crippen LogP contribution is 2.25. The molecule has 3 aromatic heterocycles. The summed E-state index contributed by atoms with van der Waals surface area (Å²) < 4.78 is 13.6. The molecule has 0 saturated carbocycles. The molecule has 0 radical (unpaired) electrons. The van der Waals surface area contributed by atoms with E-state index in [1.807, 2.05) is 35.7 Å². The molecule has 0 bridgehead atoms. The van der Waals surface area contributed by atoms with Gasteiger partial charge in [0.15, 0.2) is 5.16 Å². The van der Waals surface area contributed by atoms with Crippen LogP contribution in [0.2, 0.25) is 0 Å². The topological polar surface area (TPSA) is 58.6 Å². The van der Waals surface area contributed by atoms with E-state index in [1.54, 1.807) is 17.5 Å². The Labute approximate surface area is 127 Å². The van der Waals surface area contributed by atoms with Gasteiger partial charge in [-0.25, -0.2) is 4.98 Å². The van der Waals surface area contributed by atoms with Gasteiger partial charge in [0.1, 0.15) is 0 Å². The van der Waals surface area contributed by atoms with E-state index in [1.165, 1.54) is 0 Å². The first-order chi connectivity index (χ1) is 10.3. The van der Waals surface area contributed by atoms with Gasteiger partial charge in [-0.05, 0) is 35.0 Å². The number of nitrogens with one attached hydrogen (secondary N) is 1. The normalized spacial score (nSPS) is 13.0. The van der Waals surface area contributed by atoms with Gasteiger partial charge in [-0.1, -0.05) is 12.1 Å². The van der Waals surface area contributed by atoms with E-state index in [0.717, 1.165) is 26.8 Å². The predicted octanol–water partition coefficient (Wildman–Crippen LogP) is 3.48. The number of hydrogen-bond donors (Lipinski definition) is 1. The summed E-state index contributed by atoms with van der Waals surface area (Å²) in [6.07, 6.45) is 1.76. The molecule has 0 aliphatic carbocycles. The van der Waals surface area contributed by atoms with Gasteiger partial charge in [0.05, 0.1) is 38.0 Å². The first-order valence-corrected chi connectivity index (χ1v) is 8.65. The number of pyridine rings is 1. The summed E-state index contributed by atoms with van der Waals surface area (Å²) in [6, 6.07) is 11.7. The SMILES string of the molecule is O=S(Cc1nccc2ccsc12)c1nc2ccccc2[nH]1. The molecule has 1 atom stereocenters. The molecule has 0 fully saturated rings. The lowest BCUT2D eigenvalue weighted by molar-refractivity contribution is 0.677. The maximum atomic E-state index is 12.5. The van der Waals surface area contributed by atoms with Gasteiger partial charge >= 0.3 is 0 Å². The number of para-hydroxylation sites is 2. The van der Waals surface area contributed by atoms with Crippen molar-refractivity contribution >= 4 is 43.3 Å². The summed E-state index contributed by atoms with van der Waals surface area (Å²) in [5.41, 5.74) is 2.60. The summed E-state index contributed by atoms with van der Waals surface area (Å²) in [5, 5.41) is 3.68. The third-order valence-corrected chi connectivity index (χ3v) is 5.43. The van der Waals surface area contributed by atoms with Crippen molar-refractivity contribution in [1.29, 1.82) is 0 Å². The second-order valence-corrected chi connectivity index (χ2v) is 6.93. The zero-order valence-corrected chi connectivity index (χ0v) is 12.6. The lowest BCUT2D eigenvalue weighted by Gasteiger charge is -2.00. The van der Waals surface area contributed by atoms with Crippen molar-refractivity contribution < 1.29 is 4.21 Å². The Morgan fingerprint density at radius 3 is 3.00 bits per heavy atom. The van der Waals surface area contributed by atoms with Gasteiger partial charge in [0, 0.05) is 6.20 Å². The van der Waals surface area contributed by atoms with Crippen LogP contribution in [0.25, 0.3) is 21.1 Å². The van der Waals surface area contributed by atoms with Gasteiger partial charge in [-0.2, -0.15) is 0 Å². The highest BCUT2D eigenvalue weighted by atomic mass is 32.2. The van der Waals surface area contributed by atoms with E-state index < -0.39 is 10.8 Å². The monoisotopic (exact) mass is 313 g/mol. The summed E-state index contributed by atoms with van der Waals surface area (Å²) in [6.45, 7) is 0. The van der Waals surface area contributed by atoms with Crippen LogP contribution in [-0.4, -0.2) is 19.2 Å². The summed E-state index contributed by atoms with van der Waals surface area (Å²) in [4.78, 5) is 11.9. The first-order valence-electron chi connectivity index (χ1n) is 6.45. The Kier molecular flexibility index (Phi) is 3.05. The van der Waals surface area contributed by atoms with Crippen molar-refractivity contribution in [2.75, 3.05) is 0 Å². The van der Waals surface area contributed by atoms with Crippen LogP contribution in [0.3, 0.4) is 0 Å². The van der Waals surface area contributed by atoms with E-state index in [4.69, 9.17) is 0 Å². The van der Waals surface area contributed by atoms with Gasteiger partial charge in [0.25, 0.3) is 0 Å². The number of aromatic nitrogens is 3. The quantitative estimate of drug-likeness (QED) is 0.630. The predicted molar refractivity (Wildman–Crippen MR) is 85.8 cm³/mol. The molecule has 0 aliphatic heterocycles. The Morgan fingerprint density at radius 1 is 1.19 bits per heavy atom. The highest BCUT2D eigenvalue weighted by Gasteiger charge is 2.13. The molecular formula is C15H11N3OS2. The minimum Gasteiger partial charge on any atom is -0.331 e. The van der Waals surface area contributed by atoms with Crippen molar-refractivity contribution in [3.8, 4) is 0 Å². The van der Waals surface area contributed by atoms with Gasteiger partial charge in [0.2, 0.25) is 0 Å². The molecule has 4 nitrogen and oxygen atoms in total. The van der Waals surface area contributed by atoms with E-state index in [2.05, 4.69) is 21.0 Å². The minimum absolute atomic E-state index is 0.373. The van der Waals surface area contributed by atoms with Gasteiger partial charge < -0.3 is 4.98 Å². The van der Waals surface area contributed by atoms with Crippen molar-refractivity contribution in [1.82, 2.24) is 15.0 Å². The molecule has 3 heterocycles. The van der Waals surface area contributed by atoms with Gasteiger partial charge in [-0.15, -0.1) is 11.3 Å². The zero-order chi connectivity index (χ0) is 14.2. The van der Waals surface area contributed by atoms with Crippen LogP contribution in [0.4, 0.5) is 0 Å². The van der Waals surface area contributed by atoms with Crippen molar-refractivity contribution in [3.63, 3.8) is 0 Å². The molecule has 0 aliphatic rings. The Morgan fingerprint density at radius 2 is 2.10 bits per heavy atom. The Hall–Kier alpha value is -2.05. The molecule has 104 valence electrons. The Balaban J connectivity index is 1.70. The van der Waals surface area contributed by atoms with Crippen LogP contribution in [0.15, 0.2) is 53.1 Å². The number of nitrogens with zero attached hydrogens (tertiary/aromatic N) is 2. The highest BCUT2D eigenvalue weighted by molar-refractivity contribution is 7.84. The lowest BCUT2D eigenvalue weighted by atomic mass is 10.3. The van der Waals surface area contributed by atoms with Crippen LogP contribution in [-0.2, 0) is 16.6 Å². The van der Waals surface area contributed by atoms with Crippen molar-refractivity contribution in [2.24, 2.45) is 0 Å². The molecule has 4 rings (SSSR count). The van der Waals surface area contributed by atoms with Crippen LogP contribution < -0.4 is 0 Å². The van der Waals surface area contributed by atoms with Crippen molar-refractivity contribution in [2.45, 2.75) is 10.9 Å². The maximum Gasteiger partial charge on any atom is 0.197 e. The lowest BCUT2D eigenvalue weighted by Crippen LogP contribution is -2.00. The van der Waals surface area contributed by atoms with Crippen LogP contribution in [0.5, 0.6) is 0 Å². The summed E-state index contributed by atoms with van der Waals surface area (Å²) in [5.74, 6) is 0.373. The fourth-order valence-electron chi connectivity index (χ4n) is 2.28. The number of fused-ring (bicyclic) bond motifs is 2. The molecule has 21 heavy (non-hydrogen) atoms. The number of rotatable bonds is 3. The number of thiophene rings is 1. The standard InChI is InChI=1S/C15H11N3OS2/c19-21(15-17-11-3-1-2-4-12(11)18-15)9-13-14-10(5-7-16-13)6-8-20-14/h1-8H,9H2,(H,17,18). The van der Waals surface area contributed by atoms with Gasteiger partial charge in [-0.3, -0.25) is 9.19 Å². The van der Waals surface area contributed by atoms with Crippen LogP contribution in [0, 0.1) is 0 Å². The van der Waals surface area contributed by atoms with E-state index in [9.17, 15) is 4.21 Å². The molecule has 6 heteroatoms. The number of hydrogen-bond acceptors (Lipinski definition) is 4. The van der Waals surface area contributed by atoms with Crippen LogP contribution in [0.1, 0.15) is 5.69 Å². The number of imidazole rings is 1. The average molecular weight is 313 g/mol. The largest absolute Gasteiger partial charge is 0.331 e. The summed E-state index contributed by atoms with van der Waals surface area (Å²) in [7, 11) is -1.23. The fraction of sp³-hybridized carbons (Fsp3) is 0.0667. The van der Waals surface area contributed by atoms with Crippen LogP contribution >= 0.6 is 11.3 Å². The molecule has 0 amide bonds. The molecule has 0 saturated heterocycles. The second-order valence-electron chi connectivity index (χ2n) is 4.65. The van der Waals surface area contributed by atoms with E-state index >= 15 is 0 Å².